The lowest BCUT2D eigenvalue weighted by Crippen LogP contribution is -2.25. The zero-order valence-electron chi connectivity index (χ0n) is 7.41. The summed E-state index contributed by atoms with van der Waals surface area (Å²) in [7, 11) is 0. The van der Waals surface area contributed by atoms with E-state index in [-0.39, 0.29) is 18.3 Å². The summed E-state index contributed by atoms with van der Waals surface area (Å²) in [5.41, 5.74) is 0.571. The van der Waals surface area contributed by atoms with E-state index >= 15 is 0 Å². The summed E-state index contributed by atoms with van der Waals surface area (Å²) >= 11 is 0. The summed E-state index contributed by atoms with van der Waals surface area (Å²) < 4.78 is 4.87. The molecule has 2 N–H and O–H groups in total. The molecule has 0 aromatic carbocycles. The van der Waals surface area contributed by atoms with Gasteiger partial charge in [0, 0.05) is 13.2 Å². The minimum absolute atomic E-state index is 0.0651. The van der Waals surface area contributed by atoms with Gasteiger partial charge in [-0.2, -0.15) is 0 Å². The summed E-state index contributed by atoms with van der Waals surface area (Å²) in [5.74, 6) is -0.0543. The SMILES string of the molecule is Cc1ncoc1C(=O)NCCCO. The van der Waals surface area contributed by atoms with E-state index in [1.807, 2.05) is 0 Å². The second-order valence-corrected chi connectivity index (χ2v) is 2.60. The van der Waals surface area contributed by atoms with E-state index in [0.717, 1.165) is 0 Å². The molecule has 0 radical (unpaired) electrons. The molecule has 13 heavy (non-hydrogen) atoms. The topological polar surface area (TPSA) is 75.4 Å². The molecule has 5 heteroatoms. The van der Waals surface area contributed by atoms with E-state index in [2.05, 4.69) is 10.3 Å². The number of aromatic nitrogens is 1. The molecule has 0 fully saturated rings. The van der Waals surface area contributed by atoms with E-state index in [4.69, 9.17) is 9.52 Å². The number of oxazole rings is 1. The van der Waals surface area contributed by atoms with Gasteiger partial charge < -0.3 is 14.8 Å². The maximum Gasteiger partial charge on any atom is 0.288 e. The van der Waals surface area contributed by atoms with Crippen molar-refractivity contribution in [2.24, 2.45) is 0 Å². The minimum Gasteiger partial charge on any atom is -0.438 e. The number of aliphatic hydroxyl groups excluding tert-OH is 1. The maximum absolute atomic E-state index is 11.3. The van der Waals surface area contributed by atoms with E-state index in [1.165, 1.54) is 6.39 Å². The Morgan fingerprint density at radius 2 is 2.54 bits per heavy atom. The molecule has 1 heterocycles. The van der Waals surface area contributed by atoms with Gasteiger partial charge in [-0.25, -0.2) is 4.98 Å². The van der Waals surface area contributed by atoms with Gasteiger partial charge in [-0.05, 0) is 13.3 Å². The molecule has 1 amide bonds. The first-order chi connectivity index (χ1) is 6.25. The van der Waals surface area contributed by atoms with Gasteiger partial charge in [-0.15, -0.1) is 0 Å². The lowest BCUT2D eigenvalue weighted by atomic mass is 10.3. The van der Waals surface area contributed by atoms with Crippen LogP contribution in [0.1, 0.15) is 22.7 Å². The number of nitrogens with one attached hydrogen (secondary N) is 1. The van der Waals surface area contributed by atoms with Crippen LogP contribution in [0.5, 0.6) is 0 Å². The fourth-order valence-electron chi connectivity index (χ4n) is 0.881. The number of hydrogen-bond acceptors (Lipinski definition) is 4. The molecule has 0 aliphatic heterocycles. The number of nitrogens with zero attached hydrogens (tertiary/aromatic N) is 1. The lowest BCUT2D eigenvalue weighted by Gasteiger charge is -2.00. The van der Waals surface area contributed by atoms with Crippen LogP contribution in [-0.2, 0) is 0 Å². The largest absolute Gasteiger partial charge is 0.438 e. The number of hydrogen-bond donors (Lipinski definition) is 2. The second-order valence-electron chi connectivity index (χ2n) is 2.60. The average molecular weight is 184 g/mol. The zero-order chi connectivity index (χ0) is 9.68. The average Bonchev–Trinajstić information content (AvgIpc) is 2.52. The minimum atomic E-state index is -0.288. The maximum atomic E-state index is 11.3. The Kier molecular flexibility index (Phi) is 3.45. The van der Waals surface area contributed by atoms with E-state index in [1.54, 1.807) is 6.92 Å². The lowest BCUT2D eigenvalue weighted by molar-refractivity contribution is 0.0922. The fourth-order valence-corrected chi connectivity index (χ4v) is 0.881. The third-order valence-corrected chi connectivity index (χ3v) is 1.57. The van der Waals surface area contributed by atoms with Crippen LogP contribution >= 0.6 is 0 Å². The molecule has 0 saturated carbocycles. The highest BCUT2D eigenvalue weighted by Gasteiger charge is 2.12. The van der Waals surface area contributed by atoms with Gasteiger partial charge in [0.25, 0.3) is 5.91 Å². The fraction of sp³-hybridized carbons (Fsp3) is 0.500. The van der Waals surface area contributed by atoms with Crippen molar-refractivity contribution in [3.63, 3.8) is 0 Å². The molecule has 1 rings (SSSR count). The summed E-state index contributed by atoms with van der Waals surface area (Å²) in [6.45, 7) is 2.20. The van der Waals surface area contributed by atoms with E-state index < -0.39 is 0 Å². The number of carbonyl (C=O) groups excluding carboxylic acids is 1. The number of aryl methyl sites for hydroxylation is 1. The quantitative estimate of drug-likeness (QED) is 0.650. The molecular formula is C8H12N2O3. The molecule has 0 aliphatic carbocycles. The van der Waals surface area contributed by atoms with E-state index in [9.17, 15) is 4.79 Å². The van der Waals surface area contributed by atoms with Gasteiger partial charge in [-0.1, -0.05) is 0 Å². The van der Waals surface area contributed by atoms with Crippen molar-refractivity contribution >= 4 is 5.91 Å². The van der Waals surface area contributed by atoms with Crippen molar-refractivity contribution < 1.29 is 14.3 Å². The molecule has 0 aliphatic rings. The van der Waals surface area contributed by atoms with E-state index in [0.29, 0.717) is 18.7 Å². The first-order valence-electron chi connectivity index (χ1n) is 4.05. The van der Waals surface area contributed by atoms with Crippen molar-refractivity contribution in [2.45, 2.75) is 13.3 Å². The smallest absolute Gasteiger partial charge is 0.288 e. The molecule has 0 atom stereocenters. The predicted octanol–water partition coefficient (Wildman–Crippen LogP) is 0.0952. The van der Waals surface area contributed by atoms with Crippen molar-refractivity contribution in [3.05, 3.63) is 17.8 Å². The number of carbonyl (C=O) groups is 1. The molecule has 1 aromatic heterocycles. The predicted molar refractivity (Wildman–Crippen MR) is 45.3 cm³/mol. The van der Waals surface area contributed by atoms with Crippen molar-refractivity contribution in [3.8, 4) is 0 Å². The first kappa shape index (κ1) is 9.73. The highest BCUT2D eigenvalue weighted by Crippen LogP contribution is 2.03. The molecule has 1 aromatic rings. The Morgan fingerprint density at radius 1 is 1.77 bits per heavy atom. The van der Waals surface area contributed by atoms with Crippen LogP contribution < -0.4 is 5.32 Å². The Morgan fingerprint density at radius 3 is 3.08 bits per heavy atom. The van der Waals surface area contributed by atoms with Crippen molar-refractivity contribution in [1.82, 2.24) is 10.3 Å². The van der Waals surface area contributed by atoms with Gasteiger partial charge in [0.2, 0.25) is 5.76 Å². The standard InChI is InChI=1S/C8H12N2O3/c1-6-7(13-5-10-6)8(12)9-3-2-4-11/h5,11H,2-4H2,1H3,(H,9,12). The summed E-state index contributed by atoms with van der Waals surface area (Å²) in [5, 5.41) is 11.1. The molecule has 5 nitrogen and oxygen atoms in total. The first-order valence-corrected chi connectivity index (χ1v) is 4.05. The molecule has 0 spiro atoms. The normalized spacial score (nSPS) is 10.0. The number of aliphatic hydroxyl groups is 1. The molecular weight excluding hydrogens is 172 g/mol. The van der Waals surface area contributed by atoms with Crippen LogP contribution in [0.25, 0.3) is 0 Å². The summed E-state index contributed by atoms with van der Waals surface area (Å²) in [6.07, 6.45) is 1.77. The molecule has 72 valence electrons. The van der Waals surface area contributed by atoms with Crippen LogP contribution in [0.15, 0.2) is 10.8 Å². The summed E-state index contributed by atoms with van der Waals surface area (Å²) in [4.78, 5) is 15.1. The Balaban J connectivity index is 2.45. The highest BCUT2D eigenvalue weighted by atomic mass is 16.3. The van der Waals surface area contributed by atoms with Crippen molar-refractivity contribution in [2.75, 3.05) is 13.2 Å². The van der Waals surface area contributed by atoms with Crippen LogP contribution in [-0.4, -0.2) is 29.1 Å². The van der Waals surface area contributed by atoms with Gasteiger partial charge in [0.05, 0.1) is 5.69 Å². The third-order valence-electron chi connectivity index (χ3n) is 1.57. The summed E-state index contributed by atoms with van der Waals surface area (Å²) in [6, 6.07) is 0. The Hall–Kier alpha value is -1.36. The van der Waals surface area contributed by atoms with Crippen LogP contribution in [0.4, 0.5) is 0 Å². The molecule has 0 unspecified atom stereocenters. The third kappa shape index (κ3) is 2.55. The zero-order valence-corrected chi connectivity index (χ0v) is 7.41. The van der Waals surface area contributed by atoms with Gasteiger partial charge in [0.1, 0.15) is 0 Å². The van der Waals surface area contributed by atoms with Gasteiger partial charge in [0.15, 0.2) is 6.39 Å². The van der Waals surface area contributed by atoms with Crippen LogP contribution in [0.3, 0.4) is 0 Å². The number of rotatable bonds is 4. The van der Waals surface area contributed by atoms with Gasteiger partial charge in [-0.3, -0.25) is 4.79 Å². The second kappa shape index (κ2) is 4.61. The molecule has 0 bridgehead atoms. The Bertz CT molecular complexity index is 283. The van der Waals surface area contributed by atoms with Crippen LogP contribution in [0.2, 0.25) is 0 Å². The highest BCUT2D eigenvalue weighted by molar-refractivity contribution is 5.92. The monoisotopic (exact) mass is 184 g/mol. The van der Waals surface area contributed by atoms with Crippen LogP contribution in [0, 0.1) is 6.92 Å². The number of amides is 1. The van der Waals surface area contributed by atoms with Crippen molar-refractivity contribution in [1.29, 1.82) is 0 Å². The molecule has 0 saturated heterocycles. The van der Waals surface area contributed by atoms with Gasteiger partial charge >= 0.3 is 0 Å². The Labute approximate surface area is 75.8 Å².